The highest BCUT2D eigenvalue weighted by molar-refractivity contribution is 6.30. The van der Waals surface area contributed by atoms with E-state index < -0.39 is 6.10 Å². The number of rotatable bonds is 6. The van der Waals surface area contributed by atoms with Crippen molar-refractivity contribution in [2.24, 2.45) is 0 Å². The molecule has 172 valence electrons. The lowest BCUT2D eigenvalue weighted by atomic mass is 9.94. The van der Waals surface area contributed by atoms with Crippen LogP contribution in [0.1, 0.15) is 45.4 Å². The summed E-state index contributed by atoms with van der Waals surface area (Å²) in [5.41, 5.74) is 4.52. The van der Waals surface area contributed by atoms with E-state index in [2.05, 4.69) is 10.3 Å². The van der Waals surface area contributed by atoms with Crippen molar-refractivity contribution >= 4 is 23.4 Å². The number of furan rings is 1. The molecule has 3 aromatic rings. The maximum Gasteiger partial charge on any atom is 0.263 e. The number of nitrogens with one attached hydrogen (secondary N) is 1. The van der Waals surface area contributed by atoms with Gasteiger partial charge in [-0.05, 0) is 68.1 Å². The van der Waals surface area contributed by atoms with E-state index in [1.807, 2.05) is 13.1 Å². The Morgan fingerprint density at radius 1 is 1.30 bits per heavy atom. The average Bonchev–Trinajstić information content (AvgIpc) is 3.23. The Kier molecular flexibility index (Phi) is 6.70. The molecule has 8 heteroatoms. The number of carbonyl (C=O) groups is 2. The molecule has 4 rings (SSSR count). The quantitative estimate of drug-likeness (QED) is 0.586. The molecule has 0 spiro atoms. The molecule has 0 aliphatic carbocycles. The Balaban J connectivity index is 1.44. The molecule has 2 amide bonds. The van der Waals surface area contributed by atoms with Crippen LogP contribution in [0.15, 0.2) is 47.2 Å². The molecule has 0 radical (unpaired) electrons. The fraction of sp³-hybridized carbons (Fsp3) is 0.320. The van der Waals surface area contributed by atoms with E-state index in [1.54, 1.807) is 49.1 Å². The Labute approximate surface area is 197 Å². The summed E-state index contributed by atoms with van der Waals surface area (Å²) in [7, 11) is 0. The summed E-state index contributed by atoms with van der Waals surface area (Å²) in [6, 6.07) is 8.67. The van der Waals surface area contributed by atoms with Crippen molar-refractivity contribution < 1.29 is 18.7 Å². The number of aryl methyl sites for hydroxylation is 2. The highest BCUT2D eigenvalue weighted by Gasteiger charge is 2.28. The number of hydrogen-bond acceptors (Lipinski definition) is 5. The molecule has 33 heavy (non-hydrogen) atoms. The van der Waals surface area contributed by atoms with Gasteiger partial charge in [-0.2, -0.15) is 0 Å². The molecule has 0 bridgehead atoms. The largest absolute Gasteiger partial charge is 0.481 e. The number of benzene rings is 1. The monoisotopic (exact) mass is 467 g/mol. The van der Waals surface area contributed by atoms with Gasteiger partial charge in [0.2, 0.25) is 0 Å². The molecular weight excluding hydrogens is 442 g/mol. The third-order valence-corrected chi connectivity index (χ3v) is 6.13. The van der Waals surface area contributed by atoms with Crippen molar-refractivity contribution in [3.8, 4) is 5.75 Å². The Bertz CT molecular complexity index is 1190. The van der Waals surface area contributed by atoms with Crippen molar-refractivity contribution in [1.82, 2.24) is 15.2 Å². The lowest BCUT2D eigenvalue weighted by Crippen LogP contribution is -2.43. The van der Waals surface area contributed by atoms with Gasteiger partial charge in [-0.15, -0.1) is 0 Å². The lowest BCUT2D eigenvalue weighted by Gasteiger charge is -2.32. The molecule has 0 saturated carbocycles. The number of ether oxygens (including phenoxy) is 1. The molecule has 1 aliphatic rings. The normalized spacial score (nSPS) is 13.9. The third kappa shape index (κ3) is 5.03. The minimum absolute atomic E-state index is 0.0912. The van der Waals surface area contributed by atoms with Crippen LogP contribution in [0.25, 0.3) is 0 Å². The molecular formula is C25H26ClN3O4. The fourth-order valence-corrected chi connectivity index (χ4v) is 4.26. The van der Waals surface area contributed by atoms with Gasteiger partial charge in [0.15, 0.2) is 6.10 Å². The zero-order valence-corrected chi connectivity index (χ0v) is 19.6. The minimum atomic E-state index is -0.639. The second-order valence-corrected chi connectivity index (χ2v) is 8.56. The second-order valence-electron chi connectivity index (χ2n) is 8.13. The van der Waals surface area contributed by atoms with Gasteiger partial charge >= 0.3 is 0 Å². The van der Waals surface area contributed by atoms with Gasteiger partial charge in [-0.1, -0.05) is 17.7 Å². The van der Waals surface area contributed by atoms with E-state index in [4.69, 9.17) is 20.8 Å². The summed E-state index contributed by atoms with van der Waals surface area (Å²) in [4.78, 5) is 31.8. The maximum atomic E-state index is 13.0. The number of hydrogen-bond donors (Lipinski definition) is 1. The number of amides is 2. The van der Waals surface area contributed by atoms with E-state index in [1.165, 1.54) is 6.26 Å². The molecule has 0 saturated heterocycles. The van der Waals surface area contributed by atoms with E-state index >= 15 is 0 Å². The van der Waals surface area contributed by atoms with Gasteiger partial charge in [0.1, 0.15) is 11.5 Å². The summed E-state index contributed by atoms with van der Waals surface area (Å²) >= 11 is 6.01. The fourth-order valence-electron chi connectivity index (χ4n) is 4.08. The molecule has 1 aliphatic heterocycles. The molecule has 1 unspecified atom stereocenters. The van der Waals surface area contributed by atoms with E-state index in [9.17, 15) is 9.59 Å². The van der Waals surface area contributed by atoms with E-state index in [0.29, 0.717) is 48.2 Å². The van der Waals surface area contributed by atoms with Crippen LogP contribution in [-0.4, -0.2) is 34.3 Å². The van der Waals surface area contributed by atoms with E-state index in [-0.39, 0.29) is 11.8 Å². The van der Waals surface area contributed by atoms with Crippen LogP contribution in [0, 0.1) is 13.8 Å². The van der Waals surface area contributed by atoms with Crippen molar-refractivity contribution in [3.63, 3.8) is 0 Å². The molecule has 0 fully saturated rings. The van der Waals surface area contributed by atoms with E-state index in [0.717, 1.165) is 22.4 Å². The zero-order valence-electron chi connectivity index (χ0n) is 18.9. The number of fused-ring (bicyclic) bond motifs is 1. The molecule has 1 N–H and O–H groups in total. The SMILES string of the molecule is Cc1ncc2c(c1CNC(=O)c1ccoc1C)CCN(C(=O)C(C)Oc1cccc(Cl)c1)C2. The van der Waals surface area contributed by atoms with Crippen molar-refractivity contribution in [2.45, 2.75) is 46.4 Å². The number of halogens is 1. The highest BCUT2D eigenvalue weighted by atomic mass is 35.5. The predicted molar refractivity (Wildman–Crippen MR) is 124 cm³/mol. The highest BCUT2D eigenvalue weighted by Crippen LogP contribution is 2.25. The molecule has 2 aromatic heterocycles. The standard InChI is InChI=1S/C25H26ClN3O4/c1-15-23(13-28-24(30)21-8-10-32-16(21)2)22-7-9-29(14-18(22)12-27-15)25(31)17(3)33-20-6-4-5-19(26)11-20/h4-6,8,10-12,17H,7,9,13-14H2,1-3H3,(H,28,30). The first kappa shape index (κ1) is 22.9. The molecule has 3 heterocycles. The third-order valence-electron chi connectivity index (χ3n) is 5.89. The number of carbonyl (C=O) groups excluding carboxylic acids is 2. The lowest BCUT2D eigenvalue weighted by molar-refractivity contribution is -0.138. The molecule has 7 nitrogen and oxygen atoms in total. The second kappa shape index (κ2) is 9.67. The van der Waals surface area contributed by atoms with Crippen molar-refractivity contribution in [2.75, 3.05) is 6.54 Å². The van der Waals surface area contributed by atoms with Crippen LogP contribution in [-0.2, 0) is 24.3 Å². The van der Waals surface area contributed by atoms with Crippen molar-refractivity contribution in [3.05, 3.63) is 81.5 Å². The molecule has 1 aromatic carbocycles. The van der Waals surface area contributed by atoms with Gasteiger partial charge < -0.3 is 19.4 Å². The molecule has 1 atom stereocenters. The number of aromatic nitrogens is 1. The Hall–Kier alpha value is -3.32. The Morgan fingerprint density at radius 3 is 2.85 bits per heavy atom. The van der Waals surface area contributed by atoms with Crippen LogP contribution in [0.3, 0.4) is 0 Å². The summed E-state index contributed by atoms with van der Waals surface area (Å²) in [5, 5.41) is 3.53. The predicted octanol–water partition coefficient (Wildman–Crippen LogP) is 4.23. The Morgan fingerprint density at radius 2 is 2.12 bits per heavy atom. The summed E-state index contributed by atoms with van der Waals surface area (Å²) in [6.45, 7) is 6.82. The zero-order chi connectivity index (χ0) is 23.5. The first-order valence-electron chi connectivity index (χ1n) is 10.8. The number of nitrogens with zero attached hydrogens (tertiary/aromatic N) is 2. The summed E-state index contributed by atoms with van der Waals surface area (Å²) in [5.74, 6) is 0.869. The van der Waals surface area contributed by atoms with Gasteiger partial charge in [-0.3, -0.25) is 14.6 Å². The van der Waals surface area contributed by atoms with Crippen LogP contribution in [0.4, 0.5) is 0 Å². The summed E-state index contributed by atoms with van der Waals surface area (Å²) < 4.78 is 11.0. The number of pyridine rings is 1. The van der Waals surface area contributed by atoms with Crippen LogP contribution in [0.5, 0.6) is 5.75 Å². The van der Waals surface area contributed by atoms with Crippen molar-refractivity contribution in [1.29, 1.82) is 0 Å². The van der Waals surface area contributed by atoms with Crippen LogP contribution in [0.2, 0.25) is 5.02 Å². The smallest absolute Gasteiger partial charge is 0.263 e. The summed E-state index contributed by atoms with van der Waals surface area (Å²) in [6.07, 6.45) is 3.37. The van der Waals surface area contributed by atoms with Crippen LogP contribution < -0.4 is 10.1 Å². The van der Waals surface area contributed by atoms with Gasteiger partial charge in [0.25, 0.3) is 11.8 Å². The van der Waals surface area contributed by atoms with Gasteiger partial charge in [-0.25, -0.2) is 0 Å². The van der Waals surface area contributed by atoms with Gasteiger partial charge in [0.05, 0.1) is 11.8 Å². The topological polar surface area (TPSA) is 84.7 Å². The van der Waals surface area contributed by atoms with Gasteiger partial charge in [0, 0.05) is 36.5 Å². The maximum absolute atomic E-state index is 13.0. The first-order valence-corrected chi connectivity index (χ1v) is 11.2. The van der Waals surface area contributed by atoms with Crippen LogP contribution >= 0.6 is 11.6 Å². The minimum Gasteiger partial charge on any atom is -0.481 e. The first-order chi connectivity index (χ1) is 15.8. The average molecular weight is 468 g/mol.